The van der Waals surface area contributed by atoms with Crippen molar-refractivity contribution >= 4 is 17.8 Å². The fourth-order valence-electron chi connectivity index (χ4n) is 2.25. The van der Waals surface area contributed by atoms with E-state index in [2.05, 4.69) is 15.8 Å². The molecule has 0 saturated carbocycles. The van der Waals surface area contributed by atoms with Gasteiger partial charge in [0.2, 0.25) is 0 Å². The maximum Gasteiger partial charge on any atom is 0.262 e. The molecule has 0 saturated heterocycles. The summed E-state index contributed by atoms with van der Waals surface area (Å²) in [5.74, 6) is 1.67. The van der Waals surface area contributed by atoms with Crippen molar-refractivity contribution in [1.82, 2.24) is 5.43 Å². The van der Waals surface area contributed by atoms with Gasteiger partial charge in [0.05, 0.1) is 33.2 Å². The van der Waals surface area contributed by atoms with Gasteiger partial charge in [0.25, 0.3) is 5.91 Å². The van der Waals surface area contributed by atoms with E-state index in [1.807, 2.05) is 24.3 Å². The van der Waals surface area contributed by atoms with Gasteiger partial charge in [-0.2, -0.15) is 5.10 Å². The van der Waals surface area contributed by atoms with Crippen LogP contribution in [-0.4, -0.2) is 39.5 Å². The molecule has 0 spiro atoms. The monoisotopic (exact) mass is 357 g/mol. The molecular weight excluding hydrogens is 334 g/mol. The second kappa shape index (κ2) is 9.31. The van der Waals surface area contributed by atoms with Crippen LogP contribution in [0.15, 0.2) is 47.6 Å². The Bertz CT molecular complexity index is 777. The molecule has 0 aliphatic rings. The molecular formula is C19H23N3O4. The highest BCUT2D eigenvalue weighted by Gasteiger charge is 2.13. The predicted molar refractivity (Wildman–Crippen MR) is 101 cm³/mol. The third-order valence-electron chi connectivity index (χ3n) is 3.69. The van der Waals surface area contributed by atoms with Crippen LogP contribution in [0, 0.1) is 0 Å². The van der Waals surface area contributed by atoms with Crippen LogP contribution in [-0.2, 0) is 4.79 Å². The number of hydrogen-bond donors (Lipinski definition) is 2. The Balaban J connectivity index is 1.98. The third-order valence-corrected chi connectivity index (χ3v) is 3.69. The maximum absolute atomic E-state index is 12.2. The van der Waals surface area contributed by atoms with Crippen molar-refractivity contribution in [2.24, 2.45) is 5.10 Å². The van der Waals surface area contributed by atoms with Gasteiger partial charge in [-0.3, -0.25) is 4.79 Å². The number of anilines is 1. The minimum Gasteiger partial charge on any atom is -0.497 e. The van der Waals surface area contributed by atoms with E-state index in [1.54, 1.807) is 46.5 Å². The second-order valence-electron chi connectivity index (χ2n) is 5.41. The van der Waals surface area contributed by atoms with Gasteiger partial charge in [0.1, 0.15) is 23.3 Å². The van der Waals surface area contributed by atoms with Gasteiger partial charge in [-0.1, -0.05) is 12.1 Å². The van der Waals surface area contributed by atoms with Crippen molar-refractivity contribution in [1.29, 1.82) is 0 Å². The van der Waals surface area contributed by atoms with Gasteiger partial charge >= 0.3 is 0 Å². The number of benzene rings is 2. The average molecular weight is 357 g/mol. The van der Waals surface area contributed by atoms with Crippen LogP contribution >= 0.6 is 0 Å². The number of rotatable bonds is 8. The van der Waals surface area contributed by atoms with Crippen molar-refractivity contribution in [3.8, 4) is 17.2 Å². The Labute approximate surface area is 153 Å². The Kier molecular flexibility index (Phi) is 6.84. The van der Waals surface area contributed by atoms with Crippen LogP contribution in [0.1, 0.15) is 12.5 Å². The third kappa shape index (κ3) is 4.89. The average Bonchev–Trinajstić information content (AvgIpc) is 2.68. The maximum atomic E-state index is 12.2. The number of methoxy groups -OCH3 is 3. The highest BCUT2D eigenvalue weighted by Crippen LogP contribution is 2.24. The standard InChI is InChI=1S/C19H23N3O4/c1-13(21-16-7-5-6-8-17(16)25-3)19(23)22-20-12-14-9-10-15(24-2)11-18(14)26-4/h5-13,21H,1-4H3,(H,22,23)/b20-12-/t13-/m0/s1. The zero-order valence-electron chi connectivity index (χ0n) is 15.3. The number of carbonyl (C=O) groups is 1. The van der Waals surface area contributed by atoms with Gasteiger partial charge in [-0.25, -0.2) is 5.43 Å². The number of amides is 1. The number of hydrogen-bond acceptors (Lipinski definition) is 6. The number of nitrogens with zero attached hydrogens (tertiary/aromatic N) is 1. The summed E-state index contributed by atoms with van der Waals surface area (Å²) in [6, 6.07) is 12.2. The number of hydrazone groups is 1. The highest BCUT2D eigenvalue weighted by molar-refractivity contribution is 5.88. The van der Waals surface area contributed by atoms with Gasteiger partial charge in [-0.15, -0.1) is 0 Å². The molecule has 2 N–H and O–H groups in total. The number of ether oxygens (including phenoxy) is 3. The van der Waals surface area contributed by atoms with E-state index >= 15 is 0 Å². The van der Waals surface area contributed by atoms with Gasteiger partial charge in [0, 0.05) is 11.6 Å². The lowest BCUT2D eigenvalue weighted by atomic mass is 10.2. The molecule has 7 nitrogen and oxygen atoms in total. The summed E-state index contributed by atoms with van der Waals surface area (Å²) in [6.07, 6.45) is 1.52. The Morgan fingerprint density at radius 2 is 1.77 bits per heavy atom. The van der Waals surface area contributed by atoms with E-state index < -0.39 is 6.04 Å². The lowest BCUT2D eigenvalue weighted by molar-refractivity contribution is -0.121. The van der Waals surface area contributed by atoms with E-state index in [-0.39, 0.29) is 5.91 Å². The van der Waals surface area contributed by atoms with Gasteiger partial charge in [-0.05, 0) is 31.2 Å². The van der Waals surface area contributed by atoms with E-state index in [1.165, 1.54) is 6.21 Å². The molecule has 0 radical (unpaired) electrons. The second-order valence-corrected chi connectivity index (χ2v) is 5.41. The smallest absolute Gasteiger partial charge is 0.262 e. The number of nitrogens with one attached hydrogen (secondary N) is 2. The van der Waals surface area contributed by atoms with Crippen LogP contribution in [0.2, 0.25) is 0 Å². The number of carbonyl (C=O) groups excluding carboxylic acids is 1. The summed E-state index contributed by atoms with van der Waals surface area (Å²) in [6.45, 7) is 1.74. The topological polar surface area (TPSA) is 81.2 Å². The van der Waals surface area contributed by atoms with Crippen molar-refractivity contribution in [3.05, 3.63) is 48.0 Å². The van der Waals surface area contributed by atoms with E-state index in [0.29, 0.717) is 17.2 Å². The molecule has 0 unspecified atom stereocenters. The predicted octanol–water partition coefficient (Wildman–Crippen LogP) is 2.66. The molecule has 26 heavy (non-hydrogen) atoms. The first-order chi connectivity index (χ1) is 12.6. The molecule has 2 aromatic rings. The normalized spacial score (nSPS) is 11.7. The van der Waals surface area contributed by atoms with E-state index in [9.17, 15) is 4.79 Å². The first-order valence-electron chi connectivity index (χ1n) is 8.03. The molecule has 2 rings (SSSR count). The molecule has 1 atom stereocenters. The van der Waals surface area contributed by atoms with Crippen molar-refractivity contribution in [3.63, 3.8) is 0 Å². The Morgan fingerprint density at radius 3 is 2.46 bits per heavy atom. The Hall–Kier alpha value is -3.22. The van der Waals surface area contributed by atoms with Crippen molar-refractivity contribution in [2.45, 2.75) is 13.0 Å². The van der Waals surface area contributed by atoms with Crippen molar-refractivity contribution < 1.29 is 19.0 Å². The summed E-state index contributed by atoms with van der Waals surface area (Å²) in [5.41, 5.74) is 3.96. The molecule has 2 aromatic carbocycles. The molecule has 0 bridgehead atoms. The molecule has 138 valence electrons. The fraction of sp³-hybridized carbons (Fsp3) is 0.263. The van der Waals surface area contributed by atoms with Crippen LogP contribution in [0.3, 0.4) is 0 Å². The molecule has 0 aromatic heterocycles. The molecule has 0 heterocycles. The van der Waals surface area contributed by atoms with Crippen LogP contribution < -0.4 is 25.0 Å². The molecule has 1 amide bonds. The van der Waals surface area contributed by atoms with Gasteiger partial charge < -0.3 is 19.5 Å². The molecule has 0 aliphatic carbocycles. The first kappa shape index (κ1) is 19.1. The highest BCUT2D eigenvalue weighted by atomic mass is 16.5. The summed E-state index contributed by atoms with van der Waals surface area (Å²) >= 11 is 0. The van der Waals surface area contributed by atoms with E-state index in [4.69, 9.17) is 14.2 Å². The molecule has 7 heteroatoms. The zero-order chi connectivity index (χ0) is 18.9. The van der Waals surface area contributed by atoms with Crippen LogP contribution in [0.25, 0.3) is 0 Å². The number of para-hydroxylation sites is 2. The minimum absolute atomic E-state index is 0.278. The summed E-state index contributed by atoms with van der Waals surface area (Å²) < 4.78 is 15.7. The molecule has 0 aliphatic heterocycles. The van der Waals surface area contributed by atoms with Gasteiger partial charge in [0.15, 0.2) is 0 Å². The summed E-state index contributed by atoms with van der Waals surface area (Å²) in [5, 5.41) is 7.09. The summed E-state index contributed by atoms with van der Waals surface area (Å²) in [7, 11) is 4.72. The van der Waals surface area contributed by atoms with Crippen LogP contribution in [0.5, 0.6) is 17.2 Å². The lowest BCUT2D eigenvalue weighted by Crippen LogP contribution is -2.35. The largest absolute Gasteiger partial charge is 0.497 e. The quantitative estimate of drug-likeness (QED) is 0.561. The van der Waals surface area contributed by atoms with Crippen LogP contribution in [0.4, 0.5) is 5.69 Å². The first-order valence-corrected chi connectivity index (χ1v) is 8.03. The fourth-order valence-corrected chi connectivity index (χ4v) is 2.25. The SMILES string of the molecule is COc1ccc(/C=N\NC(=O)[C@H](C)Nc2ccccc2OC)c(OC)c1. The lowest BCUT2D eigenvalue weighted by Gasteiger charge is -2.15. The summed E-state index contributed by atoms with van der Waals surface area (Å²) in [4.78, 5) is 12.2. The molecule has 0 fully saturated rings. The van der Waals surface area contributed by atoms with E-state index in [0.717, 1.165) is 11.3 Å². The minimum atomic E-state index is -0.499. The van der Waals surface area contributed by atoms with Crippen molar-refractivity contribution in [2.75, 3.05) is 26.6 Å². The zero-order valence-corrected chi connectivity index (χ0v) is 15.3. The Morgan fingerprint density at radius 1 is 1.04 bits per heavy atom.